The summed E-state index contributed by atoms with van der Waals surface area (Å²) in [6.45, 7) is 3.76. The molecule has 0 aliphatic carbocycles. The average molecular weight is 550 g/mol. The highest BCUT2D eigenvalue weighted by Crippen LogP contribution is 2.13. The molecule has 1 aromatic heterocycles. The Morgan fingerprint density at radius 2 is 1.21 bits per heavy atom. The summed E-state index contributed by atoms with van der Waals surface area (Å²) in [6, 6.07) is 5.87. The third kappa shape index (κ3) is 22.4. The molecule has 0 aliphatic rings. The van der Waals surface area contributed by atoms with Crippen molar-refractivity contribution < 1.29 is 28.4 Å². The molecule has 1 amide bonds. The SMILES string of the molecule is CCCCCCCCCCCCCCCCCCNC(=O)OC[C@H](COC(=O)CCC[n+]1ccccc1)OC. The van der Waals surface area contributed by atoms with Gasteiger partial charge in [-0.05, 0) is 6.42 Å². The van der Waals surface area contributed by atoms with Gasteiger partial charge in [0.15, 0.2) is 12.4 Å². The van der Waals surface area contributed by atoms with Gasteiger partial charge in [-0.25, -0.2) is 9.36 Å². The smallest absolute Gasteiger partial charge is 0.407 e. The number of aromatic nitrogens is 1. The number of carbonyl (C=O) groups is 2. The quantitative estimate of drug-likeness (QED) is 0.0745. The monoisotopic (exact) mass is 549 g/mol. The van der Waals surface area contributed by atoms with Gasteiger partial charge in [0.2, 0.25) is 0 Å². The van der Waals surface area contributed by atoms with E-state index in [2.05, 4.69) is 12.2 Å². The van der Waals surface area contributed by atoms with Crippen LogP contribution in [0.3, 0.4) is 0 Å². The van der Waals surface area contributed by atoms with E-state index in [1.54, 1.807) is 0 Å². The molecule has 0 unspecified atom stereocenters. The van der Waals surface area contributed by atoms with E-state index < -0.39 is 12.2 Å². The van der Waals surface area contributed by atoms with E-state index in [0.717, 1.165) is 19.4 Å². The first-order valence-corrected chi connectivity index (χ1v) is 15.7. The number of unbranched alkanes of at least 4 members (excludes halogenated alkanes) is 15. The highest BCUT2D eigenvalue weighted by Gasteiger charge is 2.14. The van der Waals surface area contributed by atoms with Crippen molar-refractivity contribution in [1.82, 2.24) is 5.32 Å². The number of aryl methyl sites for hydroxylation is 1. The fraction of sp³-hybridized carbons (Fsp3) is 0.781. The number of hydrogen-bond donors (Lipinski definition) is 1. The van der Waals surface area contributed by atoms with E-state index in [0.29, 0.717) is 19.4 Å². The minimum Gasteiger partial charge on any atom is -0.463 e. The van der Waals surface area contributed by atoms with Gasteiger partial charge in [0.25, 0.3) is 0 Å². The summed E-state index contributed by atoms with van der Waals surface area (Å²) in [4.78, 5) is 23.9. The fourth-order valence-corrected chi connectivity index (χ4v) is 4.51. The first-order valence-electron chi connectivity index (χ1n) is 15.7. The van der Waals surface area contributed by atoms with E-state index in [9.17, 15) is 9.59 Å². The van der Waals surface area contributed by atoms with Crippen molar-refractivity contribution in [2.24, 2.45) is 0 Å². The van der Waals surface area contributed by atoms with Crippen LogP contribution in [0.15, 0.2) is 30.6 Å². The van der Waals surface area contributed by atoms with Crippen LogP contribution in [0.1, 0.15) is 122 Å². The first kappa shape index (κ1) is 34.9. The van der Waals surface area contributed by atoms with Gasteiger partial charge in [-0.3, -0.25) is 4.79 Å². The maximum absolute atomic E-state index is 12.0. The number of amides is 1. The zero-order valence-corrected chi connectivity index (χ0v) is 25.0. The molecule has 0 fully saturated rings. The Bertz CT molecular complexity index is 701. The Labute approximate surface area is 238 Å². The highest BCUT2D eigenvalue weighted by atomic mass is 16.6. The summed E-state index contributed by atoms with van der Waals surface area (Å²) in [5.74, 6) is -0.276. The number of nitrogens with zero attached hydrogens (tertiary/aromatic N) is 1. The average Bonchev–Trinajstić information content (AvgIpc) is 2.95. The Morgan fingerprint density at radius 1 is 0.692 bits per heavy atom. The van der Waals surface area contributed by atoms with Crippen LogP contribution < -0.4 is 9.88 Å². The molecule has 224 valence electrons. The van der Waals surface area contributed by atoms with Gasteiger partial charge in [-0.15, -0.1) is 0 Å². The normalized spacial score (nSPS) is 11.7. The van der Waals surface area contributed by atoms with Crippen LogP contribution in [0.4, 0.5) is 4.79 Å². The number of alkyl carbamates (subject to hydrolysis) is 1. The molecule has 1 heterocycles. The number of nitrogens with one attached hydrogen (secondary N) is 1. The van der Waals surface area contributed by atoms with Crippen LogP contribution in [0.5, 0.6) is 0 Å². The minimum absolute atomic E-state index is 0.0500. The van der Waals surface area contributed by atoms with Gasteiger partial charge in [-0.1, -0.05) is 109 Å². The summed E-state index contributed by atoms with van der Waals surface area (Å²) in [5, 5.41) is 2.79. The van der Waals surface area contributed by atoms with Crippen molar-refractivity contribution in [3.05, 3.63) is 30.6 Å². The number of methoxy groups -OCH3 is 1. The van der Waals surface area contributed by atoms with Crippen molar-refractivity contribution in [3.8, 4) is 0 Å². The maximum atomic E-state index is 12.0. The zero-order valence-electron chi connectivity index (χ0n) is 25.0. The summed E-state index contributed by atoms with van der Waals surface area (Å²) in [6.07, 6.45) is 25.3. The van der Waals surface area contributed by atoms with Crippen molar-refractivity contribution in [1.29, 1.82) is 0 Å². The largest absolute Gasteiger partial charge is 0.463 e. The molecule has 1 aromatic rings. The van der Waals surface area contributed by atoms with Gasteiger partial charge in [0.05, 0.1) is 6.42 Å². The van der Waals surface area contributed by atoms with Crippen LogP contribution >= 0.6 is 0 Å². The second-order valence-electron chi connectivity index (χ2n) is 10.6. The zero-order chi connectivity index (χ0) is 28.2. The lowest BCUT2D eigenvalue weighted by molar-refractivity contribution is -0.697. The predicted octanol–water partition coefficient (Wildman–Crippen LogP) is 7.30. The summed E-state index contributed by atoms with van der Waals surface area (Å²) < 4.78 is 17.8. The molecule has 0 aliphatic heterocycles. The van der Waals surface area contributed by atoms with Crippen LogP contribution in [0.25, 0.3) is 0 Å². The topological polar surface area (TPSA) is 77.7 Å². The lowest BCUT2D eigenvalue weighted by atomic mass is 10.0. The highest BCUT2D eigenvalue weighted by molar-refractivity contribution is 5.69. The Balaban J connectivity index is 1.88. The van der Waals surface area contributed by atoms with Crippen LogP contribution in [0.2, 0.25) is 0 Å². The molecule has 1 rings (SSSR count). The fourth-order valence-electron chi connectivity index (χ4n) is 4.51. The summed E-state index contributed by atoms with van der Waals surface area (Å²) >= 11 is 0. The molecule has 0 radical (unpaired) electrons. The van der Waals surface area contributed by atoms with E-state index in [-0.39, 0.29) is 19.2 Å². The van der Waals surface area contributed by atoms with Crippen molar-refractivity contribution in [2.75, 3.05) is 26.9 Å². The number of rotatable bonds is 26. The van der Waals surface area contributed by atoms with Crippen molar-refractivity contribution >= 4 is 12.1 Å². The summed E-state index contributed by atoms with van der Waals surface area (Å²) in [7, 11) is 1.52. The molecule has 1 N–H and O–H groups in total. The second kappa shape index (κ2) is 26.1. The first-order chi connectivity index (χ1) is 19.2. The van der Waals surface area contributed by atoms with Crippen LogP contribution in [0, 0.1) is 0 Å². The molecule has 7 heteroatoms. The van der Waals surface area contributed by atoms with Gasteiger partial charge < -0.3 is 19.5 Å². The van der Waals surface area contributed by atoms with E-state index >= 15 is 0 Å². The van der Waals surface area contributed by atoms with Gasteiger partial charge in [-0.2, -0.15) is 0 Å². The molecular weight excluding hydrogens is 492 g/mol. The third-order valence-corrected chi connectivity index (χ3v) is 7.04. The number of carbonyl (C=O) groups excluding carboxylic acids is 2. The molecule has 0 bridgehead atoms. The Morgan fingerprint density at radius 3 is 1.74 bits per heavy atom. The van der Waals surface area contributed by atoms with Gasteiger partial charge in [0.1, 0.15) is 25.9 Å². The Hall–Kier alpha value is -2.15. The minimum atomic E-state index is -0.473. The second-order valence-corrected chi connectivity index (χ2v) is 10.6. The van der Waals surface area contributed by atoms with Crippen molar-refractivity contribution in [2.45, 2.75) is 135 Å². The van der Waals surface area contributed by atoms with E-state index in [4.69, 9.17) is 14.2 Å². The molecule has 39 heavy (non-hydrogen) atoms. The standard InChI is InChI=1S/C32H56N2O5/c1-3-4-5-6-7-8-9-10-11-12-13-14-15-16-17-19-24-33-32(36)39-29-30(37-2)28-38-31(35)23-22-27-34-25-20-18-21-26-34/h18,20-21,25-26,30H,3-17,19,22-24,27-29H2,1-2H3/p+1/t30-/m0/s1. The van der Waals surface area contributed by atoms with Gasteiger partial charge >= 0.3 is 12.1 Å². The van der Waals surface area contributed by atoms with Crippen LogP contribution in [-0.2, 0) is 25.5 Å². The molecular formula is C32H57N2O5+. The molecule has 0 spiro atoms. The van der Waals surface area contributed by atoms with E-state index in [1.807, 2.05) is 35.2 Å². The number of esters is 1. The Kier molecular flexibility index (Phi) is 23.3. The molecule has 1 atom stereocenters. The summed E-state index contributed by atoms with van der Waals surface area (Å²) in [5.41, 5.74) is 0. The molecule has 0 saturated carbocycles. The molecule has 7 nitrogen and oxygen atoms in total. The molecule has 0 saturated heterocycles. The lowest BCUT2D eigenvalue weighted by Gasteiger charge is -2.16. The third-order valence-electron chi connectivity index (χ3n) is 7.04. The van der Waals surface area contributed by atoms with Crippen LogP contribution in [-0.4, -0.2) is 45.0 Å². The predicted molar refractivity (Wildman–Crippen MR) is 157 cm³/mol. The van der Waals surface area contributed by atoms with Crippen molar-refractivity contribution in [3.63, 3.8) is 0 Å². The van der Waals surface area contributed by atoms with Gasteiger partial charge in [0, 0.05) is 32.2 Å². The maximum Gasteiger partial charge on any atom is 0.407 e. The number of pyridine rings is 1. The molecule has 0 aromatic carbocycles. The lowest BCUT2D eigenvalue weighted by Crippen LogP contribution is -2.33. The number of hydrogen-bond acceptors (Lipinski definition) is 5. The number of ether oxygens (including phenoxy) is 3. The van der Waals surface area contributed by atoms with E-state index in [1.165, 1.54) is 97.0 Å².